The highest BCUT2D eigenvalue weighted by Gasteiger charge is 2.69. The summed E-state index contributed by atoms with van der Waals surface area (Å²) in [6, 6.07) is 3.26. The van der Waals surface area contributed by atoms with E-state index in [-0.39, 0.29) is 18.8 Å². The van der Waals surface area contributed by atoms with Crippen molar-refractivity contribution in [2.45, 2.75) is 49.0 Å². The van der Waals surface area contributed by atoms with Crippen LogP contribution in [0.1, 0.15) is 31.2 Å². The van der Waals surface area contributed by atoms with Gasteiger partial charge in [-0.2, -0.15) is 18.4 Å². The monoisotopic (exact) mass is 471 g/mol. The van der Waals surface area contributed by atoms with E-state index in [0.29, 0.717) is 17.7 Å². The van der Waals surface area contributed by atoms with Gasteiger partial charge in [0.05, 0.1) is 17.9 Å². The number of nitriles is 1. The number of nitrogens with two attached hydrogens (primary N) is 1. The second-order valence-corrected chi connectivity index (χ2v) is 10.5. The number of sulfone groups is 1. The fraction of sp³-hybridized carbons (Fsp3) is 0.524. The molecule has 0 aromatic heterocycles. The van der Waals surface area contributed by atoms with E-state index in [2.05, 4.69) is 11.8 Å². The highest BCUT2D eigenvalue weighted by Crippen LogP contribution is 2.54. The summed E-state index contributed by atoms with van der Waals surface area (Å²) in [6.45, 7) is 0. The topological polar surface area (TPSA) is 104 Å². The van der Waals surface area contributed by atoms with Crippen molar-refractivity contribution >= 4 is 15.7 Å². The minimum atomic E-state index is -5.21. The lowest BCUT2D eigenvalue weighted by molar-refractivity contribution is -0.223. The normalized spacial score (nSPS) is 20.2. The number of alkyl halides is 3. The summed E-state index contributed by atoms with van der Waals surface area (Å²) in [5.74, 6) is 1.38. The Morgan fingerprint density at radius 2 is 1.84 bits per heavy atom. The number of halogens is 4. The maximum Gasteiger partial charge on any atom is 0.427 e. The molecule has 1 aromatic carbocycles. The predicted molar refractivity (Wildman–Crippen MR) is 107 cm³/mol. The van der Waals surface area contributed by atoms with Crippen LogP contribution in [0, 0.1) is 34.9 Å². The molecule has 0 aliphatic heterocycles. The van der Waals surface area contributed by atoms with Gasteiger partial charge in [-0.15, -0.1) is 0 Å². The first-order valence-corrected chi connectivity index (χ1v) is 11.9. The molecule has 0 unspecified atom stereocenters. The standard InChI is InChI=1S/C21H21F4N3O3S/c1-32(30,31)12-17(27)18(29)28(19(13-26)10-11-19)20(21(23,24)25,9-8-14-2-3-14)15-4-6-16(22)7-5-15/h4-7,14,17H,2-3,10-12,27H2,1H3/t17-,20-/m0/s1. The Kier molecular flexibility index (Phi) is 6.05. The van der Waals surface area contributed by atoms with Gasteiger partial charge in [0.15, 0.2) is 0 Å². The van der Waals surface area contributed by atoms with E-state index < -0.39 is 56.2 Å². The molecule has 2 aliphatic carbocycles. The van der Waals surface area contributed by atoms with E-state index in [1.165, 1.54) is 0 Å². The van der Waals surface area contributed by atoms with Crippen LogP contribution in [0.15, 0.2) is 24.3 Å². The van der Waals surface area contributed by atoms with Crippen molar-refractivity contribution in [3.05, 3.63) is 35.6 Å². The van der Waals surface area contributed by atoms with Gasteiger partial charge in [-0.25, -0.2) is 12.8 Å². The maximum atomic E-state index is 14.9. The number of amides is 1. The average Bonchev–Trinajstić information content (AvgIpc) is 3.58. The second-order valence-electron chi connectivity index (χ2n) is 8.27. The Morgan fingerprint density at radius 1 is 1.28 bits per heavy atom. The van der Waals surface area contributed by atoms with Gasteiger partial charge in [-0.3, -0.25) is 9.69 Å². The molecule has 2 fully saturated rings. The van der Waals surface area contributed by atoms with Crippen LogP contribution in [0.3, 0.4) is 0 Å². The molecule has 2 N–H and O–H groups in total. The molecule has 32 heavy (non-hydrogen) atoms. The molecule has 0 heterocycles. The first kappa shape index (κ1) is 24.0. The number of carbonyl (C=O) groups excluding carboxylic acids is 1. The summed E-state index contributed by atoms with van der Waals surface area (Å²) >= 11 is 0. The van der Waals surface area contributed by atoms with Crippen LogP contribution in [-0.4, -0.2) is 49.0 Å². The average molecular weight is 471 g/mol. The van der Waals surface area contributed by atoms with Crippen LogP contribution in [0.2, 0.25) is 0 Å². The third-order valence-corrected chi connectivity index (χ3v) is 6.39. The summed E-state index contributed by atoms with van der Waals surface area (Å²) in [5, 5.41) is 9.72. The van der Waals surface area contributed by atoms with E-state index >= 15 is 0 Å². The van der Waals surface area contributed by atoms with Crippen molar-refractivity contribution in [2.75, 3.05) is 12.0 Å². The number of hydrogen-bond donors (Lipinski definition) is 1. The number of rotatable bonds is 6. The zero-order valence-corrected chi connectivity index (χ0v) is 17.9. The lowest BCUT2D eigenvalue weighted by Crippen LogP contribution is -2.65. The molecule has 3 rings (SSSR count). The molecule has 6 nitrogen and oxygen atoms in total. The Hall–Kier alpha value is -2.63. The van der Waals surface area contributed by atoms with Crippen LogP contribution in [0.25, 0.3) is 0 Å². The first-order valence-electron chi connectivity index (χ1n) is 9.80. The summed E-state index contributed by atoms with van der Waals surface area (Å²) in [4.78, 5) is 13.6. The lowest BCUT2D eigenvalue weighted by Gasteiger charge is -2.45. The smallest absolute Gasteiger partial charge is 0.319 e. The molecule has 0 bridgehead atoms. The van der Waals surface area contributed by atoms with Gasteiger partial charge in [0.1, 0.15) is 21.2 Å². The SMILES string of the molecule is CS(=O)(=O)C[C@H](N)C(=O)N(C1(C#N)CC1)[C@@](C#CC1CC1)(c1ccc(F)cc1)C(F)(F)F. The van der Waals surface area contributed by atoms with Crippen molar-refractivity contribution in [1.82, 2.24) is 4.90 Å². The third-order valence-electron chi connectivity index (χ3n) is 5.42. The number of benzene rings is 1. The van der Waals surface area contributed by atoms with Gasteiger partial charge in [-0.1, -0.05) is 24.0 Å². The Bertz CT molecular complexity index is 1110. The maximum absolute atomic E-state index is 14.9. The van der Waals surface area contributed by atoms with Crippen molar-refractivity contribution in [3.8, 4) is 17.9 Å². The highest BCUT2D eigenvalue weighted by atomic mass is 32.2. The fourth-order valence-corrected chi connectivity index (χ4v) is 4.30. The largest absolute Gasteiger partial charge is 0.427 e. The van der Waals surface area contributed by atoms with Gasteiger partial charge in [0.25, 0.3) is 0 Å². The predicted octanol–water partition coefficient (Wildman–Crippen LogP) is 2.25. The number of nitrogens with zero attached hydrogens (tertiary/aromatic N) is 2. The zero-order valence-electron chi connectivity index (χ0n) is 17.1. The minimum Gasteiger partial charge on any atom is -0.319 e. The van der Waals surface area contributed by atoms with Crippen LogP contribution < -0.4 is 5.73 Å². The molecule has 0 radical (unpaired) electrons. The molecule has 172 valence electrons. The van der Waals surface area contributed by atoms with Gasteiger partial charge >= 0.3 is 6.18 Å². The van der Waals surface area contributed by atoms with Gasteiger partial charge in [0.2, 0.25) is 11.4 Å². The van der Waals surface area contributed by atoms with E-state index in [0.717, 1.165) is 30.5 Å². The van der Waals surface area contributed by atoms with Gasteiger partial charge < -0.3 is 5.73 Å². The molecule has 11 heteroatoms. The summed E-state index contributed by atoms with van der Waals surface area (Å²) in [5.41, 5.74) is 0.0134. The Morgan fingerprint density at radius 3 is 2.25 bits per heavy atom. The van der Waals surface area contributed by atoms with Gasteiger partial charge in [-0.05, 0) is 43.4 Å². The quantitative estimate of drug-likeness (QED) is 0.506. The van der Waals surface area contributed by atoms with Crippen molar-refractivity contribution in [3.63, 3.8) is 0 Å². The number of hydrogen-bond acceptors (Lipinski definition) is 5. The van der Waals surface area contributed by atoms with Crippen molar-refractivity contribution in [2.24, 2.45) is 11.7 Å². The fourth-order valence-electron chi connectivity index (χ4n) is 3.51. The molecule has 2 aliphatic rings. The van der Waals surface area contributed by atoms with Crippen molar-refractivity contribution in [1.29, 1.82) is 5.26 Å². The Balaban J connectivity index is 2.29. The summed E-state index contributed by atoms with van der Waals surface area (Å²) < 4.78 is 81.5. The highest BCUT2D eigenvalue weighted by molar-refractivity contribution is 7.90. The molecule has 1 amide bonds. The van der Waals surface area contributed by atoms with Crippen LogP contribution in [0.4, 0.5) is 17.6 Å². The van der Waals surface area contributed by atoms with E-state index in [9.17, 15) is 36.0 Å². The third kappa shape index (κ3) is 4.59. The minimum absolute atomic E-state index is 0.0645. The number of carbonyl (C=O) groups is 1. The van der Waals surface area contributed by atoms with E-state index in [1.807, 2.05) is 0 Å². The van der Waals surface area contributed by atoms with Crippen molar-refractivity contribution < 1.29 is 30.8 Å². The molecule has 1 aromatic rings. The molecule has 2 atom stereocenters. The molecular formula is C21H21F4N3O3S. The molecular weight excluding hydrogens is 450 g/mol. The molecule has 0 spiro atoms. The lowest BCUT2D eigenvalue weighted by atomic mass is 9.84. The van der Waals surface area contributed by atoms with E-state index in [1.54, 1.807) is 6.07 Å². The zero-order chi connectivity index (χ0) is 23.9. The first-order chi connectivity index (χ1) is 14.8. The van der Waals surface area contributed by atoms with Crippen LogP contribution >= 0.6 is 0 Å². The molecule has 2 saturated carbocycles. The summed E-state index contributed by atoms with van der Waals surface area (Å²) in [7, 11) is -3.82. The van der Waals surface area contributed by atoms with Gasteiger partial charge in [0, 0.05) is 12.2 Å². The van der Waals surface area contributed by atoms with E-state index in [4.69, 9.17) is 5.73 Å². The second kappa shape index (κ2) is 8.05. The Labute approximate surface area is 183 Å². The summed E-state index contributed by atoms with van der Waals surface area (Å²) in [6.07, 6.45) is -3.36. The van der Waals surface area contributed by atoms with Crippen LogP contribution in [-0.2, 0) is 20.2 Å². The van der Waals surface area contributed by atoms with Crippen LogP contribution in [0.5, 0.6) is 0 Å². The molecule has 0 saturated heterocycles.